The van der Waals surface area contributed by atoms with Gasteiger partial charge in [0.15, 0.2) is 0 Å². The number of carbonyl (C=O) groups is 1. The van der Waals surface area contributed by atoms with Gasteiger partial charge in [0.05, 0.1) is 0 Å². The molecule has 0 saturated heterocycles. The van der Waals surface area contributed by atoms with Crippen LogP contribution in [0.3, 0.4) is 0 Å². The third kappa shape index (κ3) is 6.12. The number of rotatable bonds is 5. The SMILES string of the molecule is C[Si](C)(C)CCOC(=O)c1cc[c]([Sn]([CH3])([CH3])[CH3])cc1. The van der Waals surface area contributed by atoms with E-state index in [9.17, 15) is 4.79 Å². The number of esters is 1. The van der Waals surface area contributed by atoms with Crippen LogP contribution in [0.25, 0.3) is 0 Å². The summed E-state index contributed by atoms with van der Waals surface area (Å²) in [6.07, 6.45) is 0. The van der Waals surface area contributed by atoms with Crippen molar-refractivity contribution in [2.45, 2.75) is 40.5 Å². The summed E-state index contributed by atoms with van der Waals surface area (Å²) in [7, 11) is -1.13. The molecular weight excluding hydrogens is 359 g/mol. The first kappa shape index (κ1) is 16.8. The Morgan fingerprint density at radius 2 is 1.63 bits per heavy atom. The third-order valence-electron chi connectivity index (χ3n) is 3.07. The molecule has 0 N–H and O–H groups in total. The van der Waals surface area contributed by atoms with E-state index in [0.29, 0.717) is 12.2 Å². The van der Waals surface area contributed by atoms with E-state index in [1.165, 1.54) is 3.58 Å². The molecule has 0 aliphatic heterocycles. The maximum atomic E-state index is 11.9. The van der Waals surface area contributed by atoms with Crippen LogP contribution in [-0.4, -0.2) is 39.0 Å². The Labute approximate surface area is 122 Å². The molecule has 1 rings (SSSR count). The third-order valence-corrected chi connectivity index (χ3v) is 10.7. The Bertz CT molecular complexity index is 427. The van der Waals surface area contributed by atoms with E-state index in [1.54, 1.807) is 0 Å². The van der Waals surface area contributed by atoms with Gasteiger partial charge in [-0.15, -0.1) is 0 Å². The quantitative estimate of drug-likeness (QED) is 0.571. The van der Waals surface area contributed by atoms with E-state index in [-0.39, 0.29) is 5.97 Å². The van der Waals surface area contributed by atoms with Gasteiger partial charge in [0.2, 0.25) is 0 Å². The van der Waals surface area contributed by atoms with Gasteiger partial charge in [0.25, 0.3) is 0 Å². The van der Waals surface area contributed by atoms with Gasteiger partial charge in [-0.25, -0.2) is 0 Å². The summed E-state index contributed by atoms with van der Waals surface area (Å²) >= 11 is -2.00. The first-order valence-corrected chi connectivity index (χ1v) is 20.6. The summed E-state index contributed by atoms with van der Waals surface area (Å²) in [5.41, 5.74) is 0.676. The predicted octanol–water partition coefficient (Wildman–Crippen LogP) is 3.73. The normalized spacial score (nSPS) is 12.3. The van der Waals surface area contributed by atoms with Crippen LogP contribution in [0, 0.1) is 0 Å². The molecule has 0 radical (unpaired) electrons. The molecule has 0 unspecified atom stereocenters. The van der Waals surface area contributed by atoms with E-state index in [0.717, 1.165) is 6.04 Å². The molecule has 0 amide bonds. The fourth-order valence-electron chi connectivity index (χ4n) is 1.64. The van der Waals surface area contributed by atoms with Gasteiger partial charge in [-0.1, -0.05) is 0 Å². The van der Waals surface area contributed by atoms with E-state index in [1.807, 2.05) is 12.1 Å². The van der Waals surface area contributed by atoms with Crippen LogP contribution in [0.2, 0.25) is 40.5 Å². The number of hydrogen-bond donors (Lipinski definition) is 0. The average molecular weight is 385 g/mol. The fraction of sp³-hybridized carbons (Fsp3) is 0.533. The first-order valence-electron chi connectivity index (χ1n) is 6.87. The molecule has 0 fully saturated rings. The van der Waals surface area contributed by atoms with Crippen molar-refractivity contribution in [3.05, 3.63) is 29.8 Å². The summed E-state index contributed by atoms with van der Waals surface area (Å²) in [5, 5.41) is 0. The van der Waals surface area contributed by atoms with Crippen LogP contribution in [0.1, 0.15) is 10.4 Å². The molecule has 2 nitrogen and oxygen atoms in total. The minimum atomic E-state index is -2.00. The first-order chi connectivity index (χ1) is 8.59. The molecule has 0 aliphatic rings. The molecule has 0 saturated carbocycles. The number of benzene rings is 1. The van der Waals surface area contributed by atoms with E-state index in [2.05, 4.69) is 46.6 Å². The molecule has 4 heteroatoms. The van der Waals surface area contributed by atoms with Gasteiger partial charge in [-0.05, 0) is 0 Å². The Morgan fingerprint density at radius 1 is 1.11 bits per heavy atom. The summed E-state index contributed by atoms with van der Waals surface area (Å²) in [6.45, 7) is 7.40. The van der Waals surface area contributed by atoms with Crippen molar-refractivity contribution in [2.75, 3.05) is 6.61 Å². The number of carbonyl (C=O) groups excluding carboxylic acids is 1. The van der Waals surface area contributed by atoms with Gasteiger partial charge < -0.3 is 0 Å². The standard InChI is InChI=1S/C12H17O2Si.3CH3.Sn/c1-15(2,3)10-9-14-12(13)11-7-5-4-6-8-11;;;;/h5-8H,9-10H2,1-3H3;3*1H3;. The van der Waals surface area contributed by atoms with Crippen LogP contribution in [0.5, 0.6) is 0 Å². The van der Waals surface area contributed by atoms with E-state index < -0.39 is 26.5 Å². The van der Waals surface area contributed by atoms with Crippen LogP contribution in [0.15, 0.2) is 24.3 Å². The van der Waals surface area contributed by atoms with Crippen molar-refractivity contribution in [1.29, 1.82) is 0 Å². The zero-order chi connectivity index (χ0) is 14.7. The second-order valence-electron chi connectivity index (χ2n) is 7.27. The summed E-state index contributed by atoms with van der Waals surface area (Å²) < 4.78 is 6.78. The van der Waals surface area contributed by atoms with Crippen molar-refractivity contribution >= 4 is 36.0 Å². The van der Waals surface area contributed by atoms with Gasteiger partial charge in [-0.2, -0.15) is 0 Å². The Kier molecular flexibility index (Phi) is 5.68. The predicted molar refractivity (Wildman–Crippen MR) is 87.9 cm³/mol. The molecule has 0 heterocycles. The van der Waals surface area contributed by atoms with Gasteiger partial charge >= 0.3 is 122 Å². The van der Waals surface area contributed by atoms with Gasteiger partial charge in [0.1, 0.15) is 0 Å². The molecule has 19 heavy (non-hydrogen) atoms. The minimum absolute atomic E-state index is 0.186. The van der Waals surface area contributed by atoms with E-state index in [4.69, 9.17) is 4.74 Å². The second-order valence-corrected chi connectivity index (χ2v) is 27.4. The Hall–Kier alpha value is -0.294. The fourth-order valence-corrected chi connectivity index (χ4v) is 5.68. The van der Waals surface area contributed by atoms with Gasteiger partial charge in [0, 0.05) is 0 Å². The summed E-state index contributed by atoms with van der Waals surface area (Å²) in [6, 6.07) is 9.05. The van der Waals surface area contributed by atoms with Crippen LogP contribution < -0.4 is 3.58 Å². The van der Waals surface area contributed by atoms with Crippen LogP contribution in [0.4, 0.5) is 0 Å². The van der Waals surface area contributed by atoms with E-state index >= 15 is 0 Å². The molecule has 0 atom stereocenters. The molecular formula is C15H26O2SiSn. The monoisotopic (exact) mass is 386 g/mol. The molecule has 106 valence electrons. The topological polar surface area (TPSA) is 26.3 Å². The molecule has 0 spiro atoms. The number of ether oxygens (including phenoxy) is 1. The van der Waals surface area contributed by atoms with Crippen molar-refractivity contribution in [1.82, 2.24) is 0 Å². The Morgan fingerprint density at radius 3 is 2.05 bits per heavy atom. The molecule has 1 aromatic carbocycles. The van der Waals surface area contributed by atoms with Gasteiger partial charge in [-0.3, -0.25) is 0 Å². The zero-order valence-electron chi connectivity index (χ0n) is 13.0. The van der Waals surface area contributed by atoms with Crippen molar-refractivity contribution in [2.24, 2.45) is 0 Å². The van der Waals surface area contributed by atoms with Crippen LogP contribution >= 0.6 is 0 Å². The maximum absolute atomic E-state index is 11.9. The van der Waals surface area contributed by atoms with Crippen molar-refractivity contribution in [3.63, 3.8) is 0 Å². The molecule has 0 aliphatic carbocycles. The Balaban J connectivity index is 2.59. The molecule has 1 aromatic rings. The zero-order valence-corrected chi connectivity index (χ0v) is 16.9. The van der Waals surface area contributed by atoms with Crippen molar-refractivity contribution < 1.29 is 9.53 Å². The molecule has 0 bridgehead atoms. The molecule has 0 aromatic heterocycles. The second kappa shape index (κ2) is 6.44. The summed E-state index contributed by atoms with van der Waals surface area (Å²) in [5.74, 6) is -0.186. The van der Waals surface area contributed by atoms with Crippen molar-refractivity contribution in [3.8, 4) is 0 Å². The summed E-state index contributed by atoms with van der Waals surface area (Å²) in [4.78, 5) is 19.0. The van der Waals surface area contributed by atoms with Crippen LogP contribution in [-0.2, 0) is 4.74 Å². The average Bonchev–Trinajstić information content (AvgIpc) is 2.26. The number of hydrogen-bond acceptors (Lipinski definition) is 2.